The fourth-order valence-corrected chi connectivity index (χ4v) is 2.37. The molecule has 0 saturated carbocycles. The first-order valence-corrected chi connectivity index (χ1v) is 6.80. The van der Waals surface area contributed by atoms with Crippen LogP contribution in [0.3, 0.4) is 0 Å². The lowest BCUT2D eigenvalue weighted by Gasteiger charge is -2.09. The summed E-state index contributed by atoms with van der Waals surface area (Å²) in [6.07, 6.45) is -4.88. The van der Waals surface area contributed by atoms with Gasteiger partial charge in [0.05, 0.1) is 22.5 Å². The van der Waals surface area contributed by atoms with E-state index in [-0.39, 0.29) is 23.3 Å². The number of thiol groups is 2. The third kappa shape index (κ3) is 3.38. The van der Waals surface area contributed by atoms with Gasteiger partial charge in [0.2, 0.25) is 0 Å². The molecule has 0 radical (unpaired) electrons. The first-order valence-electron chi connectivity index (χ1n) is 5.90. The number of H-pyrrole nitrogens is 1. The van der Waals surface area contributed by atoms with Gasteiger partial charge in [-0.1, -0.05) is 0 Å². The molecule has 0 amide bonds. The highest BCUT2D eigenvalue weighted by Gasteiger charge is 2.34. The number of hydrogen-bond acceptors (Lipinski definition) is 4. The molecule has 0 spiro atoms. The van der Waals surface area contributed by atoms with Crippen LogP contribution in [0.15, 0.2) is 12.1 Å². The van der Waals surface area contributed by atoms with E-state index in [0.29, 0.717) is 0 Å². The zero-order valence-electron chi connectivity index (χ0n) is 10.8. The fraction of sp³-hybridized carbons (Fsp3) is 0.250. The molecule has 2 rings (SSSR count). The average Bonchev–Trinajstić information content (AvgIpc) is 2.75. The largest absolute Gasteiger partial charge is 0.418 e. The number of carbonyl (C=O) groups is 2. The summed E-state index contributed by atoms with van der Waals surface area (Å²) in [6, 6.07) is 1.87. The van der Waals surface area contributed by atoms with Crippen LogP contribution in [0, 0.1) is 0 Å². The highest BCUT2D eigenvalue weighted by atomic mass is 32.1. The zero-order valence-corrected chi connectivity index (χ0v) is 12.6. The molecule has 1 unspecified atom stereocenters. The number of nitrogen functional groups attached to an aromatic ring is 1. The topological polar surface area (TPSA) is 88.8 Å². The third-order valence-electron chi connectivity index (χ3n) is 2.98. The molecule has 0 aliphatic carbocycles. The van der Waals surface area contributed by atoms with Crippen molar-refractivity contribution >= 4 is 52.2 Å². The number of anilines is 1. The number of rotatable bonds is 4. The molecule has 118 valence electrons. The van der Waals surface area contributed by atoms with Gasteiger partial charge >= 0.3 is 6.18 Å². The lowest BCUT2D eigenvalue weighted by atomic mass is 10.1. The van der Waals surface area contributed by atoms with Crippen LogP contribution in [0.1, 0.15) is 23.7 Å². The molecule has 1 heterocycles. The fourth-order valence-electron chi connectivity index (χ4n) is 1.98. The zero-order chi connectivity index (χ0) is 16.7. The Morgan fingerprint density at radius 2 is 1.95 bits per heavy atom. The predicted octanol–water partition coefficient (Wildman–Crippen LogP) is 2.55. The lowest BCUT2D eigenvalue weighted by molar-refractivity contribution is -0.136. The van der Waals surface area contributed by atoms with Crippen molar-refractivity contribution in [3.8, 4) is 0 Å². The van der Waals surface area contributed by atoms with Crippen LogP contribution in [0.2, 0.25) is 0 Å². The normalized spacial score (nSPS) is 13.3. The second kappa shape index (κ2) is 5.84. The minimum absolute atomic E-state index is 0.0381. The number of halogens is 3. The van der Waals surface area contributed by atoms with E-state index >= 15 is 0 Å². The van der Waals surface area contributed by atoms with Gasteiger partial charge in [0, 0.05) is 12.1 Å². The van der Waals surface area contributed by atoms with E-state index in [0.717, 1.165) is 12.1 Å². The smallest absolute Gasteiger partial charge is 0.398 e. The summed E-state index contributed by atoms with van der Waals surface area (Å²) >= 11 is 7.24. The van der Waals surface area contributed by atoms with Gasteiger partial charge < -0.3 is 10.7 Å². The Kier molecular flexibility index (Phi) is 4.43. The first-order chi connectivity index (χ1) is 10.1. The molecule has 0 saturated heterocycles. The van der Waals surface area contributed by atoms with Gasteiger partial charge in [0.1, 0.15) is 5.82 Å². The number of hydrogen-bond donors (Lipinski definition) is 4. The van der Waals surface area contributed by atoms with Crippen molar-refractivity contribution in [3.63, 3.8) is 0 Å². The Morgan fingerprint density at radius 3 is 2.45 bits per heavy atom. The Balaban J connectivity index is 2.54. The summed E-state index contributed by atoms with van der Waals surface area (Å²) in [5.74, 6) is -0.979. The van der Waals surface area contributed by atoms with Crippen LogP contribution in [-0.2, 0) is 15.8 Å². The first kappa shape index (κ1) is 16.7. The maximum Gasteiger partial charge on any atom is 0.418 e. The number of imidazole rings is 1. The van der Waals surface area contributed by atoms with Gasteiger partial charge in [-0.3, -0.25) is 9.59 Å². The quantitative estimate of drug-likeness (QED) is 0.505. The second-order valence-electron chi connectivity index (χ2n) is 4.57. The van der Waals surface area contributed by atoms with Gasteiger partial charge in [-0.25, -0.2) is 4.98 Å². The van der Waals surface area contributed by atoms with Crippen LogP contribution >= 0.6 is 25.3 Å². The molecule has 2 aromatic rings. The molecule has 3 N–H and O–H groups in total. The summed E-state index contributed by atoms with van der Waals surface area (Å²) in [6.45, 7) is 0. The maximum absolute atomic E-state index is 12.8. The third-order valence-corrected chi connectivity index (χ3v) is 3.48. The summed E-state index contributed by atoms with van der Waals surface area (Å²) in [5, 5.41) is -1.21. The van der Waals surface area contributed by atoms with Gasteiger partial charge in [-0.05, 0) is 12.1 Å². The SMILES string of the molecule is Nc1cc2nc(C(CC(=O)S)C(=O)S)[nH]c2cc1C(F)(F)F. The molecular formula is C12H10F3N3O2S2. The number of alkyl halides is 3. The number of nitrogens with one attached hydrogen (secondary N) is 1. The summed E-state index contributed by atoms with van der Waals surface area (Å²) in [5.41, 5.74) is 4.11. The molecule has 5 nitrogen and oxygen atoms in total. The van der Waals surface area contributed by atoms with Crippen molar-refractivity contribution in [3.05, 3.63) is 23.5 Å². The second-order valence-corrected chi connectivity index (χ2v) is 5.50. The summed E-state index contributed by atoms with van der Waals surface area (Å²) in [7, 11) is 0. The van der Waals surface area contributed by atoms with Gasteiger partial charge in [-0.2, -0.15) is 13.2 Å². The van der Waals surface area contributed by atoms with Crippen LogP contribution in [0.5, 0.6) is 0 Å². The number of aromatic amines is 1. The van der Waals surface area contributed by atoms with E-state index in [1.54, 1.807) is 0 Å². The van der Waals surface area contributed by atoms with Gasteiger partial charge in [-0.15, -0.1) is 25.3 Å². The van der Waals surface area contributed by atoms with E-state index in [4.69, 9.17) is 5.73 Å². The molecule has 22 heavy (non-hydrogen) atoms. The number of benzene rings is 1. The number of nitrogens with zero attached hydrogens (tertiary/aromatic N) is 1. The van der Waals surface area contributed by atoms with Crippen molar-refractivity contribution in [2.45, 2.75) is 18.5 Å². The molecule has 0 aliphatic rings. The highest BCUT2D eigenvalue weighted by molar-refractivity contribution is 7.97. The Hall–Kier alpha value is -1.68. The highest BCUT2D eigenvalue weighted by Crippen LogP contribution is 2.36. The van der Waals surface area contributed by atoms with Gasteiger partial charge in [0.15, 0.2) is 10.2 Å². The van der Waals surface area contributed by atoms with Crippen molar-refractivity contribution < 1.29 is 22.8 Å². The summed E-state index contributed by atoms with van der Waals surface area (Å²) in [4.78, 5) is 29.1. The summed E-state index contributed by atoms with van der Waals surface area (Å²) < 4.78 is 38.4. The molecule has 0 aliphatic heterocycles. The van der Waals surface area contributed by atoms with Crippen molar-refractivity contribution in [1.29, 1.82) is 0 Å². The molecular weight excluding hydrogens is 339 g/mol. The number of fused-ring (bicyclic) bond motifs is 1. The predicted molar refractivity (Wildman–Crippen MR) is 80.9 cm³/mol. The number of nitrogens with two attached hydrogens (primary N) is 1. The minimum atomic E-state index is -4.61. The Bertz CT molecular complexity index is 758. The maximum atomic E-state index is 12.8. The van der Waals surface area contributed by atoms with E-state index in [1.807, 2.05) is 0 Å². The van der Waals surface area contributed by atoms with Crippen LogP contribution in [0.25, 0.3) is 11.0 Å². The van der Waals surface area contributed by atoms with E-state index < -0.39 is 33.6 Å². The van der Waals surface area contributed by atoms with E-state index in [2.05, 4.69) is 35.2 Å². The van der Waals surface area contributed by atoms with Crippen molar-refractivity contribution in [2.24, 2.45) is 0 Å². The van der Waals surface area contributed by atoms with Crippen LogP contribution in [-0.4, -0.2) is 20.2 Å². The minimum Gasteiger partial charge on any atom is -0.398 e. The molecule has 0 fully saturated rings. The van der Waals surface area contributed by atoms with Crippen LogP contribution < -0.4 is 5.73 Å². The van der Waals surface area contributed by atoms with E-state index in [1.165, 1.54) is 0 Å². The monoisotopic (exact) mass is 349 g/mol. The van der Waals surface area contributed by atoms with Crippen molar-refractivity contribution in [1.82, 2.24) is 9.97 Å². The van der Waals surface area contributed by atoms with E-state index in [9.17, 15) is 22.8 Å². The van der Waals surface area contributed by atoms with Gasteiger partial charge in [0.25, 0.3) is 0 Å². The average molecular weight is 349 g/mol. The molecule has 10 heteroatoms. The molecule has 1 aromatic carbocycles. The molecule has 0 bridgehead atoms. The molecule has 1 aromatic heterocycles. The number of aromatic nitrogens is 2. The van der Waals surface area contributed by atoms with Crippen LogP contribution in [0.4, 0.5) is 18.9 Å². The molecule has 1 atom stereocenters. The lowest BCUT2D eigenvalue weighted by Crippen LogP contribution is -2.11. The van der Waals surface area contributed by atoms with Crippen molar-refractivity contribution in [2.75, 3.05) is 5.73 Å². The Labute approximate surface area is 133 Å². The Morgan fingerprint density at radius 1 is 1.32 bits per heavy atom. The standard InChI is InChI=1S/C12H10F3N3O2S2/c13-12(14,15)5-2-7-8(3-6(5)16)18-10(17-7)4(11(20)22)1-9(19)21/h2-4H,1,16H2,(H,17,18)(H,19,21)(H,20,22). The number of carbonyl (C=O) groups excluding carboxylic acids is 2.